The summed E-state index contributed by atoms with van der Waals surface area (Å²) in [4.78, 5) is 0. The third kappa shape index (κ3) is 3.04. The Kier molecular flexibility index (Phi) is 4.45. The second-order valence-corrected chi connectivity index (χ2v) is 4.04. The molecule has 2 unspecified atom stereocenters. The summed E-state index contributed by atoms with van der Waals surface area (Å²) < 4.78 is 12.9. The summed E-state index contributed by atoms with van der Waals surface area (Å²) >= 11 is 0. The normalized spacial score (nSPS) is 14.2. The Hall–Kier alpha value is -1.40. The Morgan fingerprint density at radius 3 is 2.69 bits per heavy atom. The van der Waals surface area contributed by atoms with Crippen molar-refractivity contribution in [3.05, 3.63) is 35.1 Å². The zero-order chi connectivity index (χ0) is 12.1. The first kappa shape index (κ1) is 12.7. The zero-order valence-corrected chi connectivity index (χ0v) is 9.92. The monoisotopic (exact) mass is 220 g/mol. The van der Waals surface area contributed by atoms with Crippen molar-refractivity contribution < 1.29 is 4.39 Å². The molecule has 0 heterocycles. The molecule has 0 aromatic heterocycles. The van der Waals surface area contributed by atoms with Gasteiger partial charge in [-0.25, -0.2) is 4.39 Å². The molecular weight excluding hydrogens is 203 g/mol. The van der Waals surface area contributed by atoms with Gasteiger partial charge in [0.15, 0.2) is 0 Å². The third-order valence-electron chi connectivity index (χ3n) is 2.74. The summed E-state index contributed by atoms with van der Waals surface area (Å²) in [7, 11) is 0. The molecule has 0 aliphatic heterocycles. The average molecular weight is 220 g/mol. The number of hydrogen-bond donors (Lipinski definition) is 1. The first-order valence-electron chi connectivity index (χ1n) is 5.50. The van der Waals surface area contributed by atoms with Crippen LogP contribution in [0.2, 0.25) is 0 Å². The highest BCUT2D eigenvalue weighted by atomic mass is 19.1. The maximum atomic E-state index is 12.9. The number of nitrogens with zero attached hydrogens (tertiary/aromatic N) is 1. The topological polar surface area (TPSA) is 35.8 Å². The van der Waals surface area contributed by atoms with Gasteiger partial charge in [0.2, 0.25) is 0 Å². The van der Waals surface area contributed by atoms with E-state index < -0.39 is 0 Å². The molecule has 2 nitrogen and oxygen atoms in total. The minimum absolute atomic E-state index is 0.263. The molecule has 0 fully saturated rings. The molecule has 0 saturated carbocycles. The fraction of sp³-hybridized carbons (Fsp3) is 0.462. The van der Waals surface area contributed by atoms with Crippen LogP contribution in [-0.2, 0) is 0 Å². The van der Waals surface area contributed by atoms with Crippen LogP contribution >= 0.6 is 0 Å². The fourth-order valence-corrected chi connectivity index (χ4v) is 1.56. The van der Waals surface area contributed by atoms with Crippen molar-refractivity contribution in [2.24, 2.45) is 0 Å². The van der Waals surface area contributed by atoms with Crippen molar-refractivity contribution in [3.8, 4) is 6.07 Å². The summed E-state index contributed by atoms with van der Waals surface area (Å²) in [5.41, 5.74) is 1.66. The van der Waals surface area contributed by atoms with Crippen LogP contribution in [0.1, 0.15) is 37.4 Å². The number of rotatable bonds is 4. The summed E-state index contributed by atoms with van der Waals surface area (Å²) in [5.74, 6) is -0.263. The lowest BCUT2D eigenvalue weighted by Crippen LogP contribution is -2.29. The second-order valence-electron chi connectivity index (χ2n) is 4.04. The van der Waals surface area contributed by atoms with E-state index >= 15 is 0 Å². The van der Waals surface area contributed by atoms with Gasteiger partial charge in [0.05, 0.1) is 6.07 Å². The minimum atomic E-state index is -0.365. The first-order valence-corrected chi connectivity index (χ1v) is 5.50. The summed E-state index contributed by atoms with van der Waals surface area (Å²) in [6.07, 6.45) is 0.957. The lowest BCUT2D eigenvalue weighted by atomic mass is 10.0. The number of nitriles is 1. The minimum Gasteiger partial charge on any atom is -0.296 e. The molecule has 86 valence electrons. The molecule has 2 atom stereocenters. The van der Waals surface area contributed by atoms with Crippen molar-refractivity contribution in [2.45, 2.75) is 39.3 Å². The van der Waals surface area contributed by atoms with E-state index in [1.165, 1.54) is 12.1 Å². The lowest BCUT2D eigenvalue weighted by Gasteiger charge is -2.18. The number of halogens is 1. The number of hydrogen-bond acceptors (Lipinski definition) is 2. The fourth-order valence-electron chi connectivity index (χ4n) is 1.56. The third-order valence-corrected chi connectivity index (χ3v) is 2.74. The van der Waals surface area contributed by atoms with Crippen LogP contribution in [0.3, 0.4) is 0 Å². The van der Waals surface area contributed by atoms with Crippen LogP contribution < -0.4 is 5.32 Å². The Bertz CT molecular complexity index is 395. The van der Waals surface area contributed by atoms with Crippen molar-refractivity contribution in [2.75, 3.05) is 0 Å². The van der Waals surface area contributed by atoms with Gasteiger partial charge in [-0.1, -0.05) is 13.0 Å². The van der Waals surface area contributed by atoms with Gasteiger partial charge in [0.25, 0.3) is 0 Å². The van der Waals surface area contributed by atoms with Crippen molar-refractivity contribution in [1.82, 2.24) is 5.32 Å². The van der Waals surface area contributed by atoms with Gasteiger partial charge < -0.3 is 0 Å². The highest BCUT2D eigenvalue weighted by Gasteiger charge is 2.14. The predicted octanol–water partition coefficient (Wildman–Crippen LogP) is 3.09. The molecule has 0 aliphatic carbocycles. The van der Waals surface area contributed by atoms with E-state index in [1.54, 1.807) is 6.07 Å². The lowest BCUT2D eigenvalue weighted by molar-refractivity contribution is 0.499. The second kappa shape index (κ2) is 5.62. The molecule has 3 heteroatoms. The molecule has 1 rings (SSSR count). The van der Waals surface area contributed by atoms with Crippen LogP contribution in [0, 0.1) is 24.1 Å². The quantitative estimate of drug-likeness (QED) is 0.846. The summed E-state index contributed by atoms with van der Waals surface area (Å²) in [6.45, 7) is 5.91. The number of nitrogens with one attached hydrogen (secondary N) is 1. The molecule has 16 heavy (non-hydrogen) atoms. The van der Waals surface area contributed by atoms with Gasteiger partial charge in [0.1, 0.15) is 11.9 Å². The predicted molar refractivity (Wildman–Crippen MR) is 62.4 cm³/mol. The SMILES string of the molecule is CCC(C)NC(C#N)c1ccc(F)cc1C. The molecule has 0 bridgehead atoms. The van der Waals surface area contributed by atoms with Crippen LogP contribution in [-0.4, -0.2) is 6.04 Å². The highest BCUT2D eigenvalue weighted by molar-refractivity contribution is 5.32. The number of benzene rings is 1. The van der Waals surface area contributed by atoms with E-state index in [1.807, 2.05) is 13.8 Å². The van der Waals surface area contributed by atoms with Crippen LogP contribution in [0.15, 0.2) is 18.2 Å². The van der Waals surface area contributed by atoms with Gasteiger partial charge in [0, 0.05) is 6.04 Å². The van der Waals surface area contributed by atoms with E-state index in [0.717, 1.165) is 17.5 Å². The molecule has 0 radical (unpaired) electrons. The van der Waals surface area contributed by atoms with Crippen LogP contribution in [0.25, 0.3) is 0 Å². The molecular formula is C13H17FN2. The Balaban J connectivity index is 2.92. The van der Waals surface area contributed by atoms with Gasteiger partial charge in [-0.2, -0.15) is 5.26 Å². The van der Waals surface area contributed by atoms with Crippen LogP contribution in [0.4, 0.5) is 4.39 Å². The molecule has 0 aliphatic rings. The van der Waals surface area contributed by atoms with Gasteiger partial charge in [-0.05, 0) is 43.5 Å². The van der Waals surface area contributed by atoms with Gasteiger partial charge in [-0.15, -0.1) is 0 Å². The van der Waals surface area contributed by atoms with Crippen molar-refractivity contribution >= 4 is 0 Å². The largest absolute Gasteiger partial charge is 0.296 e. The first-order chi connectivity index (χ1) is 7.58. The number of aryl methyl sites for hydroxylation is 1. The standard InChI is InChI=1S/C13H17FN2/c1-4-10(3)16-13(8-15)12-6-5-11(14)7-9(12)2/h5-7,10,13,16H,4H2,1-3H3. The van der Waals surface area contributed by atoms with Crippen molar-refractivity contribution in [1.29, 1.82) is 5.26 Å². The Labute approximate surface area is 96.1 Å². The van der Waals surface area contributed by atoms with E-state index in [0.29, 0.717) is 0 Å². The smallest absolute Gasteiger partial charge is 0.123 e. The highest BCUT2D eigenvalue weighted by Crippen LogP contribution is 2.19. The maximum Gasteiger partial charge on any atom is 0.123 e. The summed E-state index contributed by atoms with van der Waals surface area (Å²) in [6, 6.07) is 6.64. The molecule has 1 aromatic carbocycles. The molecule has 0 amide bonds. The van der Waals surface area contributed by atoms with Gasteiger partial charge in [-0.3, -0.25) is 5.32 Å². The molecule has 1 aromatic rings. The maximum absolute atomic E-state index is 12.9. The Morgan fingerprint density at radius 1 is 1.50 bits per heavy atom. The van der Waals surface area contributed by atoms with E-state index in [2.05, 4.69) is 18.3 Å². The van der Waals surface area contributed by atoms with Crippen LogP contribution in [0.5, 0.6) is 0 Å². The Morgan fingerprint density at radius 2 is 2.19 bits per heavy atom. The van der Waals surface area contributed by atoms with E-state index in [9.17, 15) is 4.39 Å². The van der Waals surface area contributed by atoms with Crippen molar-refractivity contribution in [3.63, 3.8) is 0 Å². The van der Waals surface area contributed by atoms with E-state index in [4.69, 9.17) is 5.26 Å². The zero-order valence-electron chi connectivity index (χ0n) is 9.92. The molecule has 0 spiro atoms. The summed E-state index contributed by atoms with van der Waals surface area (Å²) in [5, 5.41) is 12.3. The van der Waals surface area contributed by atoms with Gasteiger partial charge >= 0.3 is 0 Å². The molecule has 0 saturated heterocycles. The average Bonchev–Trinajstić information content (AvgIpc) is 2.26. The molecule has 1 N–H and O–H groups in total. The van der Waals surface area contributed by atoms with E-state index in [-0.39, 0.29) is 17.9 Å².